The van der Waals surface area contributed by atoms with Crippen molar-refractivity contribution in [1.29, 1.82) is 5.26 Å². The van der Waals surface area contributed by atoms with Crippen LogP contribution >= 0.6 is 11.8 Å². The summed E-state index contributed by atoms with van der Waals surface area (Å²) in [6.07, 6.45) is 5.13. The molecule has 1 aromatic carbocycles. The Morgan fingerprint density at radius 3 is 2.81 bits per heavy atom. The third-order valence-corrected chi connectivity index (χ3v) is 3.72. The van der Waals surface area contributed by atoms with Crippen LogP contribution in [-0.4, -0.2) is 31.6 Å². The van der Waals surface area contributed by atoms with Crippen molar-refractivity contribution in [2.75, 3.05) is 6.26 Å². The van der Waals surface area contributed by atoms with Crippen LogP contribution < -0.4 is 0 Å². The fraction of sp³-hybridized carbons (Fsp3) is 0.0714. The minimum atomic E-state index is 0.548. The van der Waals surface area contributed by atoms with E-state index in [1.54, 1.807) is 36.3 Å². The maximum atomic E-state index is 9.18. The number of hydrogen-bond acceptors (Lipinski definition) is 6. The summed E-state index contributed by atoms with van der Waals surface area (Å²) in [6, 6.07) is 9.62. The average molecular weight is 294 g/mol. The predicted octanol–water partition coefficient (Wildman–Crippen LogP) is 2.52. The second-order valence-electron chi connectivity index (χ2n) is 4.17. The lowest BCUT2D eigenvalue weighted by atomic mass is 10.1. The van der Waals surface area contributed by atoms with Gasteiger partial charge in [-0.05, 0) is 24.5 Å². The van der Waals surface area contributed by atoms with Crippen LogP contribution in [0.3, 0.4) is 0 Å². The number of nitrogens with zero attached hydrogens (tertiary/aromatic N) is 5. The molecule has 0 radical (unpaired) electrons. The van der Waals surface area contributed by atoms with E-state index in [1.165, 1.54) is 0 Å². The summed E-state index contributed by atoms with van der Waals surface area (Å²) >= 11 is 1.54. The number of benzene rings is 1. The van der Waals surface area contributed by atoms with Crippen molar-refractivity contribution in [1.82, 2.24) is 25.4 Å². The molecule has 0 aliphatic rings. The molecule has 0 fully saturated rings. The molecule has 1 N–H and O–H groups in total. The first-order valence-electron chi connectivity index (χ1n) is 6.10. The van der Waals surface area contributed by atoms with Crippen molar-refractivity contribution in [3.05, 3.63) is 42.2 Å². The van der Waals surface area contributed by atoms with Gasteiger partial charge in [0.05, 0.1) is 18.0 Å². The molecule has 0 aliphatic carbocycles. The second kappa shape index (κ2) is 5.73. The number of hydrogen-bond donors (Lipinski definition) is 1. The maximum absolute atomic E-state index is 9.18. The van der Waals surface area contributed by atoms with Crippen LogP contribution in [0.2, 0.25) is 0 Å². The lowest BCUT2D eigenvalue weighted by molar-refractivity contribution is 1.02. The first-order chi connectivity index (χ1) is 10.3. The molecule has 0 amide bonds. The summed E-state index contributed by atoms with van der Waals surface area (Å²) in [5.41, 5.74) is 2.24. The van der Waals surface area contributed by atoms with Gasteiger partial charge in [-0.25, -0.2) is 4.98 Å². The Bertz CT molecular complexity index is 806. The van der Waals surface area contributed by atoms with Gasteiger partial charge in [0.2, 0.25) is 0 Å². The smallest absolute Gasteiger partial charge is 0.183 e. The van der Waals surface area contributed by atoms with E-state index in [0.717, 1.165) is 16.0 Å². The fourth-order valence-electron chi connectivity index (χ4n) is 1.89. The van der Waals surface area contributed by atoms with Crippen LogP contribution in [0, 0.1) is 11.3 Å². The molecule has 102 valence electrons. The number of nitrogens with one attached hydrogen (secondary N) is 1. The molecule has 7 heteroatoms. The molecule has 0 bridgehead atoms. The van der Waals surface area contributed by atoms with Gasteiger partial charge in [0.25, 0.3) is 0 Å². The normalized spacial score (nSPS) is 10.3. The zero-order valence-corrected chi connectivity index (χ0v) is 11.9. The lowest BCUT2D eigenvalue weighted by Crippen LogP contribution is -1.86. The molecule has 0 saturated heterocycles. The molecule has 0 saturated carbocycles. The Kier molecular flexibility index (Phi) is 3.62. The number of aromatic amines is 1. The summed E-state index contributed by atoms with van der Waals surface area (Å²) in [7, 11) is 0. The standard InChI is InChI=1S/C14H10N6S/c1-21-12-3-2-9(6-11(12)7-15)13-18-14(20-19-13)10-4-5-16-17-8-10/h2-6,8H,1H3,(H,18,19,20). The molecule has 21 heavy (non-hydrogen) atoms. The van der Waals surface area contributed by atoms with Crippen molar-refractivity contribution < 1.29 is 0 Å². The number of H-pyrrole nitrogens is 1. The van der Waals surface area contributed by atoms with Gasteiger partial charge >= 0.3 is 0 Å². The van der Waals surface area contributed by atoms with E-state index >= 15 is 0 Å². The Morgan fingerprint density at radius 1 is 1.19 bits per heavy atom. The van der Waals surface area contributed by atoms with Gasteiger partial charge in [-0.1, -0.05) is 6.07 Å². The third kappa shape index (κ3) is 2.61. The first-order valence-corrected chi connectivity index (χ1v) is 7.32. The van der Waals surface area contributed by atoms with E-state index in [0.29, 0.717) is 17.2 Å². The van der Waals surface area contributed by atoms with Crippen LogP contribution in [0.15, 0.2) is 41.6 Å². The molecule has 3 aromatic rings. The maximum Gasteiger partial charge on any atom is 0.183 e. The Hall–Kier alpha value is -2.72. The quantitative estimate of drug-likeness (QED) is 0.746. The van der Waals surface area contributed by atoms with Crippen molar-refractivity contribution in [2.45, 2.75) is 4.90 Å². The topological polar surface area (TPSA) is 91.1 Å². The molecule has 2 heterocycles. The van der Waals surface area contributed by atoms with Gasteiger partial charge in [-0.2, -0.15) is 20.6 Å². The van der Waals surface area contributed by atoms with Gasteiger partial charge in [0.15, 0.2) is 11.6 Å². The molecular formula is C14H10N6S. The Morgan fingerprint density at radius 2 is 2.10 bits per heavy atom. The van der Waals surface area contributed by atoms with Crippen LogP contribution in [0.4, 0.5) is 0 Å². The highest BCUT2D eigenvalue weighted by Gasteiger charge is 2.10. The Balaban J connectivity index is 1.99. The second-order valence-corrected chi connectivity index (χ2v) is 5.01. The summed E-state index contributed by atoms with van der Waals surface area (Å²) in [6.45, 7) is 0. The van der Waals surface area contributed by atoms with Gasteiger partial charge in [0, 0.05) is 16.0 Å². The van der Waals surface area contributed by atoms with E-state index in [2.05, 4.69) is 31.4 Å². The van der Waals surface area contributed by atoms with Gasteiger partial charge in [-0.15, -0.1) is 11.8 Å². The predicted molar refractivity (Wildman–Crippen MR) is 79.3 cm³/mol. The lowest BCUT2D eigenvalue weighted by Gasteiger charge is -2.02. The molecule has 0 spiro atoms. The first kappa shape index (κ1) is 13.3. The van der Waals surface area contributed by atoms with Crippen molar-refractivity contribution >= 4 is 11.8 Å². The number of thioether (sulfide) groups is 1. The van der Waals surface area contributed by atoms with Crippen LogP contribution in [0.1, 0.15) is 5.56 Å². The number of nitriles is 1. The molecule has 0 unspecified atom stereocenters. The molecule has 0 atom stereocenters. The van der Waals surface area contributed by atoms with Crippen molar-refractivity contribution in [3.8, 4) is 28.8 Å². The Labute approximate surface area is 125 Å². The van der Waals surface area contributed by atoms with Crippen molar-refractivity contribution in [3.63, 3.8) is 0 Å². The molecule has 0 aliphatic heterocycles. The van der Waals surface area contributed by atoms with Crippen LogP contribution in [0.25, 0.3) is 22.8 Å². The molecule has 2 aromatic heterocycles. The van der Waals surface area contributed by atoms with Gasteiger partial charge < -0.3 is 0 Å². The number of rotatable bonds is 3. The highest BCUT2D eigenvalue weighted by atomic mass is 32.2. The highest BCUT2D eigenvalue weighted by molar-refractivity contribution is 7.98. The monoisotopic (exact) mass is 294 g/mol. The third-order valence-electron chi connectivity index (χ3n) is 2.92. The highest BCUT2D eigenvalue weighted by Crippen LogP contribution is 2.26. The molecular weight excluding hydrogens is 284 g/mol. The molecule has 3 rings (SSSR count). The minimum Gasteiger partial charge on any atom is -0.259 e. The van der Waals surface area contributed by atoms with E-state index in [1.807, 2.05) is 18.4 Å². The van der Waals surface area contributed by atoms with E-state index < -0.39 is 0 Å². The summed E-state index contributed by atoms with van der Waals surface area (Å²) in [4.78, 5) is 5.37. The van der Waals surface area contributed by atoms with Gasteiger partial charge in [0.1, 0.15) is 6.07 Å². The summed E-state index contributed by atoms with van der Waals surface area (Å²) in [5, 5.41) is 23.8. The SMILES string of the molecule is CSc1ccc(-c2nc(-c3ccnnc3)n[nH]2)cc1C#N. The average Bonchev–Trinajstić information content (AvgIpc) is 3.05. The fourth-order valence-corrected chi connectivity index (χ4v) is 2.41. The minimum absolute atomic E-state index is 0.548. The van der Waals surface area contributed by atoms with Gasteiger partial charge in [-0.3, -0.25) is 5.10 Å². The van der Waals surface area contributed by atoms with E-state index in [4.69, 9.17) is 0 Å². The molecule has 6 nitrogen and oxygen atoms in total. The van der Waals surface area contributed by atoms with E-state index in [-0.39, 0.29) is 0 Å². The summed E-state index contributed by atoms with van der Waals surface area (Å²) in [5.74, 6) is 1.17. The largest absolute Gasteiger partial charge is 0.259 e. The van der Waals surface area contributed by atoms with E-state index in [9.17, 15) is 5.26 Å². The number of aromatic nitrogens is 5. The zero-order chi connectivity index (χ0) is 14.7. The van der Waals surface area contributed by atoms with Crippen LogP contribution in [-0.2, 0) is 0 Å². The van der Waals surface area contributed by atoms with Crippen molar-refractivity contribution in [2.24, 2.45) is 0 Å². The van der Waals surface area contributed by atoms with Crippen LogP contribution in [0.5, 0.6) is 0 Å². The summed E-state index contributed by atoms with van der Waals surface area (Å²) < 4.78 is 0. The zero-order valence-electron chi connectivity index (χ0n) is 11.1.